The van der Waals surface area contributed by atoms with Gasteiger partial charge in [-0.2, -0.15) is 4.99 Å². The number of benzene rings is 3. The Labute approximate surface area is 271 Å². The van der Waals surface area contributed by atoms with Gasteiger partial charge in [-0.1, -0.05) is 75.0 Å². The third kappa shape index (κ3) is 8.90. The van der Waals surface area contributed by atoms with Crippen molar-refractivity contribution in [2.75, 3.05) is 23.7 Å². The zero-order chi connectivity index (χ0) is 32.7. The molecule has 1 fully saturated rings. The summed E-state index contributed by atoms with van der Waals surface area (Å²) < 4.78 is 42.7. The third-order valence-electron chi connectivity index (χ3n) is 7.57. The first-order chi connectivity index (χ1) is 22.1. The van der Waals surface area contributed by atoms with E-state index >= 15 is 0 Å². The smallest absolute Gasteiger partial charge is 0.406 e. The van der Waals surface area contributed by atoms with Crippen LogP contribution in [0.3, 0.4) is 0 Å². The van der Waals surface area contributed by atoms with Gasteiger partial charge in [0, 0.05) is 30.1 Å². The number of carbonyl (C=O) groups excluding carboxylic acids is 1. The average Bonchev–Trinajstić information content (AvgIpc) is 3.52. The van der Waals surface area contributed by atoms with Gasteiger partial charge in [-0.3, -0.25) is 0 Å². The topological polar surface area (TPSA) is 84.6 Å². The summed E-state index contributed by atoms with van der Waals surface area (Å²) in [6.07, 6.45) is -0.537. The second kappa shape index (κ2) is 14.8. The average molecular weight is 651 g/mol. The van der Waals surface area contributed by atoms with Gasteiger partial charge < -0.3 is 15.0 Å². The largest absolute Gasteiger partial charge is 0.573 e. The number of para-hydroxylation sites is 1. The molecule has 0 aliphatic carbocycles. The van der Waals surface area contributed by atoms with E-state index < -0.39 is 6.36 Å². The Kier molecular flexibility index (Phi) is 10.7. The van der Waals surface area contributed by atoms with Gasteiger partial charge in [-0.25, -0.2) is 14.5 Å². The number of ether oxygens (including phenoxy) is 1. The molecule has 5 rings (SSSR count). The molecule has 3 aromatic carbocycles. The van der Waals surface area contributed by atoms with Gasteiger partial charge in [0.2, 0.25) is 0 Å². The van der Waals surface area contributed by atoms with Crippen LogP contribution in [0, 0.1) is 5.92 Å². The molecule has 1 atom stereocenters. The van der Waals surface area contributed by atoms with Gasteiger partial charge >= 0.3 is 12.4 Å². The van der Waals surface area contributed by atoms with Crippen molar-refractivity contribution in [3.05, 3.63) is 90.3 Å². The van der Waals surface area contributed by atoms with Crippen molar-refractivity contribution in [3.63, 3.8) is 0 Å². The maximum Gasteiger partial charge on any atom is 0.573 e. The van der Waals surface area contributed by atoms with Crippen molar-refractivity contribution in [1.29, 1.82) is 0 Å². The van der Waals surface area contributed by atoms with Gasteiger partial charge in [0.05, 0.1) is 5.69 Å². The summed E-state index contributed by atoms with van der Waals surface area (Å²) in [6, 6.07) is 21.4. The lowest BCUT2D eigenvalue weighted by molar-refractivity contribution is -0.274. The van der Waals surface area contributed by atoms with Crippen LogP contribution in [0.1, 0.15) is 50.7 Å². The first-order valence-electron chi connectivity index (χ1n) is 15.3. The number of nitrogens with zero attached hydrogens (tertiary/aromatic N) is 5. The van der Waals surface area contributed by atoms with E-state index in [2.05, 4.69) is 69.0 Å². The maximum atomic E-state index is 12.8. The van der Waals surface area contributed by atoms with E-state index in [0.717, 1.165) is 53.5 Å². The highest BCUT2D eigenvalue weighted by Gasteiger charge is 2.31. The molecule has 1 aromatic heterocycles. The Morgan fingerprint density at radius 1 is 1.04 bits per heavy atom. The molecule has 1 aliphatic heterocycles. The Bertz CT molecular complexity index is 1640. The highest BCUT2D eigenvalue weighted by atomic mass is 32.2. The van der Waals surface area contributed by atoms with Crippen LogP contribution in [-0.2, 0) is 6.42 Å². The van der Waals surface area contributed by atoms with Crippen LogP contribution in [0.25, 0.3) is 17.1 Å². The van der Waals surface area contributed by atoms with Gasteiger partial charge in [0.15, 0.2) is 11.0 Å². The molecule has 0 radical (unpaired) electrons. The molecule has 0 spiro atoms. The van der Waals surface area contributed by atoms with E-state index in [4.69, 9.17) is 0 Å². The van der Waals surface area contributed by atoms with Crippen molar-refractivity contribution in [2.24, 2.45) is 10.9 Å². The lowest BCUT2D eigenvalue weighted by atomic mass is 9.97. The molecule has 8 nitrogen and oxygen atoms in total. The standard InChI is InChI=1S/C34H37F3N6O2S/c1-23(2)29-7-4-5-8-30(29)42-19-6-20-46-33(42)40-32(44)38-18-17-24(3)21-25-9-11-26(12-10-25)31-39-22-43(41-31)27-13-15-28(16-14-27)45-34(35,36)37/h4-5,7-16,22-24H,6,17-21H2,1-3H3,(H,38,44). The number of carbonyl (C=O) groups is 1. The van der Waals surface area contributed by atoms with Gasteiger partial charge in [0.25, 0.3) is 0 Å². The van der Waals surface area contributed by atoms with E-state index in [1.807, 2.05) is 30.3 Å². The summed E-state index contributed by atoms with van der Waals surface area (Å²) in [6.45, 7) is 7.88. The molecule has 2 amide bonds. The van der Waals surface area contributed by atoms with Crippen LogP contribution in [0.4, 0.5) is 23.7 Å². The van der Waals surface area contributed by atoms with E-state index in [-0.39, 0.29) is 11.8 Å². The minimum Gasteiger partial charge on any atom is -0.406 e. The Morgan fingerprint density at radius 2 is 1.78 bits per heavy atom. The van der Waals surface area contributed by atoms with Crippen LogP contribution in [0.2, 0.25) is 0 Å². The molecule has 0 saturated carbocycles. The quantitative estimate of drug-likeness (QED) is 0.186. The zero-order valence-corrected chi connectivity index (χ0v) is 26.8. The molecule has 46 heavy (non-hydrogen) atoms. The van der Waals surface area contributed by atoms with Crippen molar-refractivity contribution < 1.29 is 22.7 Å². The fraction of sp³-hybridized carbons (Fsp3) is 0.353. The summed E-state index contributed by atoms with van der Waals surface area (Å²) in [5.41, 5.74) is 4.90. The van der Waals surface area contributed by atoms with Crippen LogP contribution < -0.4 is 15.0 Å². The van der Waals surface area contributed by atoms with E-state index in [0.29, 0.717) is 29.9 Å². The number of amides is 2. The third-order valence-corrected chi connectivity index (χ3v) is 8.63. The van der Waals surface area contributed by atoms with Crippen molar-refractivity contribution in [1.82, 2.24) is 20.1 Å². The number of aromatic nitrogens is 3. The number of hydrogen-bond acceptors (Lipinski definition) is 5. The molecule has 12 heteroatoms. The van der Waals surface area contributed by atoms with Crippen LogP contribution in [-0.4, -0.2) is 51.2 Å². The highest BCUT2D eigenvalue weighted by Crippen LogP contribution is 2.32. The molecular formula is C34H37F3N6O2S. The maximum absolute atomic E-state index is 12.8. The van der Waals surface area contributed by atoms with Crippen LogP contribution in [0.15, 0.2) is 84.1 Å². The number of halogens is 3. The summed E-state index contributed by atoms with van der Waals surface area (Å²) in [4.78, 5) is 23.7. The molecule has 4 aromatic rings. The monoisotopic (exact) mass is 650 g/mol. The lowest BCUT2D eigenvalue weighted by Gasteiger charge is -2.31. The molecule has 1 unspecified atom stereocenters. The zero-order valence-electron chi connectivity index (χ0n) is 26.0. The SMILES string of the molecule is CC(CCNC(=O)N=C1SCCCN1c1ccccc1C(C)C)Cc1ccc(-c2ncn(-c3ccc(OC(F)(F)F)cc3)n2)cc1. The molecule has 1 N–H and O–H groups in total. The highest BCUT2D eigenvalue weighted by molar-refractivity contribution is 8.14. The summed E-state index contributed by atoms with van der Waals surface area (Å²) in [7, 11) is 0. The van der Waals surface area contributed by atoms with Gasteiger partial charge in [-0.15, -0.1) is 18.3 Å². The fourth-order valence-corrected chi connectivity index (χ4v) is 6.21. The number of aliphatic imine (C=N–C) groups is 1. The summed E-state index contributed by atoms with van der Waals surface area (Å²) >= 11 is 1.62. The number of thioether (sulfide) groups is 1. The predicted molar refractivity (Wildman–Crippen MR) is 177 cm³/mol. The predicted octanol–water partition coefficient (Wildman–Crippen LogP) is 8.23. The normalized spacial score (nSPS) is 15.3. The Balaban J connectivity index is 1.11. The molecule has 2 heterocycles. The van der Waals surface area contributed by atoms with E-state index in [1.54, 1.807) is 11.8 Å². The number of urea groups is 1. The van der Waals surface area contributed by atoms with Gasteiger partial charge in [0.1, 0.15) is 12.1 Å². The molecular weight excluding hydrogens is 613 g/mol. The fourth-order valence-electron chi connectivity index (χ4n) is 5.26. The second-order valence-corrected chi connectivity index (χ2v) is 12.6. The molecule has 1 saturated heterocycles. The molecule has 0 bridgehead atoms. The lowest BCUT2D eigenvalue weighted by Crippen LogP contribution is -2.36. The summed E-state index contributed by atoms with van der Waals surface area (Å²) in [5, 5.41) is 8.19. The Morgan fingerprint density at radius 3 is 2.50 bits per heavy atom. The number of alkyl halides is 3. The number of hydrogen-bond donors (Lipinski definition) is 1. The summed E-state index contributed by atoms with van der Waals surface area (Å²) in [5.74, 6) is 1.85. The minimum atomic E-state index is -4.74. The second-order valence-electron chi connectivity index (χ2n) is 11.5. The van der Waals surface area contributed by atoms with Crippen molar-refractivity contribution >= 4 is 28.6 Å². The van der Waals surface area contributed by atoms with Crippen LogP contribution in [0.5, 0.6) is 5.75 Å². The first-order valence-corrected chi connectivity index (χ1v) is 16.3. The van der Waals surface area contributed by atoms with Gasteiger partial charge in [-0.05, 0) is 72.6 Å². The van der Waals surface area contributed by atoms with E-state index in [9.17, 15) is 18.0 Å². The molecule has 1 aliphatic rings. The van der Waals surface area contributed by atoms with Crippen molar-refractivity contribution in [2.45, 2.75) is 52.3 Å². The van der Waals surface area contributed by atoms with E-state index in [1.165, 1.54) is 40.8 Å². The van der Waals surface area contributed by atoms with Crippen molar-refractivity contribution in [3.8, 4) is 22.8 Å². The number of rotatable bonds is 10. The number of amidine groups is 1. The Hall–Kier alpha value is -4.32. The van der Waals surface area contributed by atoms with Crippen LogP contribution >= 0.6 is 11.8 Å². The number of anilines is 1. The number of nitrogens with one attached hydrogen (secondary N) is 1. The molecule has 242 valence electrons. The minimum absolute atomic E-state index is 0.299. The first kappa shape index (κ1) is 33.1.